The van der Waals surface area contributed by atoms with Crippen LogP contribution in [0.1, 0.15) is 31.1 Å². The lowest BCUT2D eigenvalue weighted by Gasteiger charge is -1.97. The lowest BCUT2D eigenvalue weighted by molar-refractivity contribution is 0.641. The fourth-order valence-corrected chi connectivity index (χ4v) is 1.45. The minimum Gasteiger partial charge on any atom is -0.323 e. The van der Waals surface area contributed by atoms with Gasteiger partial charge in [-0.05, 0) is 13.8 Å². The second-order valence-electron chi connectivity index (χ2n) is 3.83. The van der Waals surface area contributed by atoms with E-state index in [4.69, 9.17) is 5.73 Å². The molecule has 2 aromatic heterocycles. The Bertz CT molecular complexity index is 455. The van der Waals surface area contributed by atoms with Gasteiger partial charge in [0.15, 0.2) is 0 Å². The zero-order valence-electron chi connectivity index (χ0n) is 9.54. The summed E-state index contributed by atoms with van der Waals surface area (Å²) in [5, 5.41) is 12.2. The Morgan fingerprint density at radius 2 is 2.19 bits per heavy atom. The summed E-state index contributed by atoms with van der Waals surface area (Å²) in [5.41, 5.74) is 7.64. The highest BCUT2D eigenvalue weighted by Gasteiger charge is 2.06. The van der Waals surface area contributed by atoms with Gasteiger partial charge in [-0.15, -0.1) is 5.10 Å². The summed E-state index contributed by atoms with van der Waals surface area (Å²) >= 11 is 0. The monoisotopic (exact) mass is 220 g/mol. The van der Waals surface area contributed by atoms with E-state index in [0.717, 1.165) is 17.8 Å². The van der Waals surface area contributed by atoms with Crippen LogP contribution in [0.4, 0.5) is 0 Å². The van der Waals surface area contributed by atoms with Crippen molar-refractivity contribution in [3.8, 4) is 0 Å². The van der Waals surface area contributed by atoms with Crippen molar-refractivity contribution in [1.29, 1.82) is 0 Å². The zero-order chi connectivity index (χ0) is 11.5. The Kier molecular flexibility index (Phi) is 3.00. The quantitative estimate of drug-likeness (QED) is 0.817. The zero-order valence-corrected chi connectivity index (χ0v) is 9.54. The molecule has 0 aliphatic heterocycles. The summed E-state index contributed by atoms with van der Waals surface area (Å²) in [7, 11) is 0. The molecule has 0 spiro atoms. The van der Waals surface area contributed by atoms with Crippen LogP contribution >= 0.6 is 0 Å². The first-order chi connectivity index (χ1) is 7.69. The molecule has 1 atom stereocenters. The number of hydrogen-bond acceptors (Lipinski definition) is 4. The molecule has 0 amide bonds. The van der Waals surface area contributed by atoms with Crippen molar-refractivity contribution in [2.45, 2.75) is 33.0 Å². The molecule has 2 N–H and O–H groups in total. The largest absolute Gasteiger partial charge is 0.323 e. The average Bonchev–Trinajstić information content (AvgIpc) is 2.87. The lowest BCUT2D eigenvalue weighted by atomic mass is 10.3. The molecule has 2 heterocycles. The van der Waals surface area contributed by atoms with Crippen LogP contribution in [0.3, 0.4) is 0 Å². The van der Waals surface area contributed by atoms with Gasteiger partial charge in [0, 0.05) is 24.3 Å². The lowest BCUT2D eigenvalue weighted by Crippen LogP contribution is -2.05. The molecule has 86 valence electrons. The molecule has 0 saturated carbocycles. The predicted molar refractivity (Wildman–Crippen MR) is 59.6 cm³/mol. The smallest absolute Gasteiger partial charge is 0.0991 e. The van der Waals surface area contributed by atoms with Crippen LogP contribution in [-0.4, -0.2) is 24.8 Å². The van der Waals surface area contributed by atoms with Gasteiger partial charge in [0.2, 0.25) is 0 Å². The fraction of sp³-hybridized carbons (Fsp3) is 0.500. The summed E-state index contributed by atoms with van der Waals surface area (Å²) < 4.78 is 3.66. The predicted octanol–water partition coefficient (Wildman–Crippen LogP) is 0.562. The Hall–Kier alpha value is -1.69. The van der Waals surface area contributed by atoms with Crippen LogP contribution in [0.25, 0.3) is 0 Å². The minimum absolute atomic E-state index is 0.0767. The van der Waals surface area contributed by atoms with Crippen LogP contribution in [-0.2, 0) is 13.1 Å². The molecule has 1 unspecified atom stereocenters. The van der Waals surface area contributed by atoms with E-state index in [1.807, 2.05) is 30.2 Å². The normalized spacial score (nSPS) is 12.9. The first kappa shape index (κ1) is 10.8. The number of nitrogens with two attached hydrogens (primary N) is 1. The van der Waals surface area contributed by atoms with Crippen molar-refractivity contribution in [3.63, 3.8) is 0 Å². The van der Waals surface area contributed by atoms with E-state index < -0.39 is 0 Å². The van der Waals surface area contributed by atoms with Gasteiger partial charge in [-0.1, -0.05) is 5.21 Å². The summed E-state index contributed by atoms with van der Waals surface area (Å²) in [6.45, 7) is 5.51. The molecule has 0 fully saturated rings. The van der Waals surface area contributed by atoms with Gasteiger partial charge in [0.05, 0.1) is 24.6 Å². The third kappa shape index (κ3) is 2.27. The average molecular weight is 220 g/mol. The van der Waals surface area contributed by atoms with Gasteiger partial charge in [-0.3, -0.25) is 4.68 Å². The molecule has 2 aromatic rings. The van der Waals surface area contributed by atoms with E-state index in [1.165, 1.54) is 0 Å². The van der Waals surface area contributed by atoms with Gasteiger partial charge >= 0.3 is 0 Å². The van der Waals surface area contributed by atoms with E-state index in [1.54, 1.807) is 4.68 Å². The second kappa shape index (κ2) is 4.44. The summed E-state index contributed by atoms with van der Waals surface area (Å²) in [5.74, 6) is 0. The Balaban J connectivity index is 2.08. The Morgan fingerprint density at radius 1 is 1.38 bits per heavy atom. The molecule has 6 heteroatoms. The van der Waals surface area contributed by atoms with Gasteiger partial charge in [-0.2, -0.15) is 5.10 Å². The molecule has 2 rings (SSSR count). The highest BCUT2D eigenvalue weighted by Crippen LogP contribution is 2.06. The number of aromatic nitrogens is 5. The maximum atomic E-state index is 5.71. The highest BCUT2D eigenvalue weighted by atomic mass is 15.4. The van der Waals surface area contributed by atoms with Crippen molar-refractivity contribution in [3.05, 3.63) is 29.8 Å². The molecule has 0 bridgehead atoms. The van der Waals surface area contributed by atoms with Crippen LogP contribution < -0.4 is 5.73 Å². The maximum absolute atomic E-state index is 5.71. The first-order valence-electron chi connectivity index (χ1n) is 5.36. The number of aryl methyl sites for hydroxylation is 1. The van der Waals surface area contributed by atoms with E-state index in [2.05, 4.69) is 22.3 Å². The van der Waals surface area contributed by atoms with Crippen LogP contribution in [0, 0.1) is 0 Å². The van der Waals surface area contributed by atoms with Gasteiger partial charge < -0.3 is 5.73 Å². The van der Waals surface area contributed by atoms with Crippen molar-refractivity contribution < 1.29 is 0 Å². The summed E-state index contributed by atoms with van der Waals surface area (Å²) in [6, 6.07) is -0.0767. The van der Waals surface area contributed by atoms with Gasteiger partial charge in [0.1, 0.15) is 0 Å². The number of hydrogen-bond donors (Lipinski definition) is 1. The highest BCUT2D eigenvalue weighted by molar-refractivity contribution is 5.06. The standard InChI is InChI=1S/C10H16N6/c1-3-15-5-9(4-12-15)6-16-7-10(8(2)11)13-14-16/h4-5,7-8H,3,6,11H2,1-2H3. The van der Waals surface area contributed by atoms with Crippen LogP contribution in [0.2, 0.25) is 0 Å². The molecule has 0 radical (unpaired) electrons. The van der Waals surface area contributed by atoms with Crippen molar-refractivity contribution in [2.24, 2.45) is 5.73 Å². The molecular weight excluding hydrogens is 204 g/mol. The van der Waals surface area contributed by atoms with E-state index in [-0.39, 0.29) is 6.04 Å². The molecule has 0 aliphatic rings. The molecule has 16 heavy (non-hydrogen) atoms. The first-order valence-corrected chi connectivity index (χ1v) is 5.36. The molecule has 0 aliphatic carbocycles. The Morgan fingerprint density at radius 3 is 2.75 bits per heavy atom. The second-order valence-corrected chi connectivity index (χ2v) is 3.83. The number of nitrogens with zero attached hydrogens (tertiary/aromatic N) is 5. The molecule has 0 aromatic carbocycles. The van der Waals surface area contributed by atoms with E-state index in [0.29, 0.717) is 6.54 Å². The molecule has 0 saturated heterocycles. The Labute approximate surface area is 94.1 Å². The van der Waals surface area contributed by atoms with Crippen LogP contribution in [0.5, 0.6) is 0 Å². The van der Waals surface area contributed by atoms with E-state index >= 15 is 0 Å². The van der Waals surface area contributed by atoms with Gasteiger partial charge in [-0.25, -0.2) is 4.68 Å². The maximum Gasteiger partial charge on any atom is 0.0991 e. The van der Waals surface area contributed by atoms with Crippen molar-refractivity contribution in [2.75, 3.05) is 0 Å². The minimum atomic E-state index is -0.0767. The van der Waals surface area contributed by atoms with Crippen molar-refractivity contribution in [1.82, 2.24) is 24.8 Å². The third-order valence-corrected chi connectivity index (χ3v) is 2.38. The third-order valence-electron chi connectivity index (χ3n) is 2.38. The summed E-state index contributed by atoms with van der Waals surface area (Å²) in [4.78, 5) is 0. The van der Waals surface area contributed by atoms with Crippen LogP contribution in [0.15, 0.2) is 18.6 Å². The molecular formula is C10H16N6. The van der Waals surface area contributed by atoms with E-state index in [9.17, 15) is 0 Å². The SMILES string of the molecule is CCn1cc(Cn2cc(C(C)N)nn2)cn1. The van der Waals surface area contributed by atoms with Gasteiger partial charge in [0.25, 0.3) is 0 Å². The summed E-state index contributed by atoms with van der Waals surface area (Å²) in [6.07, 6.45) is 5.72. The fourth-order valence-electron chi connectivity index (χ4n) is 1.45. The van der Waals surface area contributed by atoms with Crippen molar-refractivity contribution >= 4 is 0 Å². The topological polar surface area (TPSA) is 74.5 Å². The molecule has 6 nitrogen and oxygen atoms in total. The number of rotatable bonds is 4.